The first-order valence-electron chi connectivity index (χ1n) is 12.1. The molecule has 0 saturated heterocycles. The van der Waals surface area contributed by atoms with Gasteiger partial charge >= 0.3 is 0 Å². The first-order chi connectivity index (χ1) is 16.5. The molecule has 0 aromatic heterocycles. The van der Waals surface area contributed by atoms with Crippen LogP contribution in [0, 0.1) is 23.4 Å². The van der Waals surface area contributed by atoms with E-state index in [0.29, 0.717) is 41.7 Å². The van der Waals surface area contributed by atoms with Crippen molar-refractivity contribution in [3.63, 3.8) is 0 Å². The van der Waals surface area contributed by atoms with Crippen molar-refractivity contribution >= 4 is 6.08 Å². The number of aryl methyl sites for hydroxylation is 1. The minimum Gasteiger partial charge on any atom is -0.491 e. The first-order valence-corrected chi connectivity index (χ1v) is 12.1. The molecule has 0 radical (unpaired) electrons. The average molecular weight is 465 g/mol. The molecule has 1 saturated carbocycles. The van der Waals surface area contributed by atoms with Crippen molar-refractivity contribution in [3.8, 4) is 16.9 Å². The molecule has 0 heterocycles. The van der Waals surface area contributed by atoms with Crippen LogP contribution in [0.4, 0.5) is 13.2 Å². The molecule has 0 N–H and O–H groups in total. The van der Waals surface area contributed by atoms with E-state index in [9.17, 15) is 13.2 Å². The molecule has 0 unspecified atom stereocenters. The largest absolute Gasteiger partial charge is 0.491 e. The van der Waals surface area contributed by atoms with Crippen molar-refractivity contribution < 1.29 is 17.9 Å². The molecule has 34 heavy (non-hydrogen) atoms. The fourth-order valence-electron chi connectivity index (χ4n) is 4.99. The summed E-state index contributed by atoms with van der Waals surface area (Å²) in [5.74, 6) is -0.734. The minimum atomic E-state index is -0.787. The van der Waals surface area contributed by atoms with Crippen LogP contribution in [-0.4, -0.2) is 6.61 Å². The Morgan fingerprint density at radius 3 is 2.29 bits per heavy atom. The quantitative estimate of drug-likeness (QED) is 0.324. The van der Waals surface area contributed by atoms with E-state index in [1.54, 1.807) is 42.5 Å². The van der Waals surface area contributed by atoms with E-state index in [1.807, 2.05) is 25.1 Å². The lowest BCUT2D eigenvalue weighted by atomic mass is 9.77. The van der Waals surface area contributed by atoms with Crippen molar-refractivity contribution in [2.45, 2.75) is 51.4 Å². The van der Waals surface area contributed by atoms with Gasteiger partial charge in [0.15, 0.2) is 23.2 Å². The van der Waals surface area contributed by atoms with E-state index < -0.39 is 11.6 Å². The third kappa shape index (κ3) is 5.38. The van der Waals surface area contributed by atoms with Gasteiger partial charge in [-0.25, -0.2) is 13.2 Å². The van der Waals surface area contributed by atoms with E-state index in [4.69, 9.17) is 4.74 Å². The van der Waals surface area contributed by atoms with Crippen LogP contribution in [0.1, 0.15) is 61.6 Å². The lowest BCUT2D eigenvalue weighted by Crippen LogP contribution is -2.14. The molecule has 1 aliphatic rings. The van der Waals surface area contributed by atoms with Crippen molar-refractivity contribution in [1.82, 2.24) is 0 Å². The van der Waals surface area contributed by atoms with Crippen molar-refractivity contribution in [2.75, 3.05) is 6.61 Å². The predicted octanol–water partition coefficient (Wildman–Crippen LogP) is 8.72. The molecule has 0 atom stereocenters. The number of halogens is 3. The highest BCUT2D eigenvalue weighted by Crippen LogP contribution is 2.39. The molecule has 1 fully saturated rings. The number of ether oxygens (including phenoxy) is 1. The minimum absolute atomic E-state index is 0.278. The fourth-order valence-corrected chi connectivity index (χ4v) is 4.99. The predicted molar refractivity (Wildman–Crippen MR) is 132 cm³/mol. The van der Waals surface area contributed by atoms with Crippen molar-refractivity contribution in [1.29, 1.82) is 0 Å². The number of hydrogen-bond acceptors (Lipinski definition) is 1. The summed E-state index contributed by atoms with van der Waals surface area (Å²) in [5, 5.41) is 0. The lowest BCUT2D eigenvalue weighted by Gasteiger charge is -2.29. The van der Waals surface area contributed by atoms with Crippen LogP contribution in [0.2, 0.25) is 0 Å². The van der Waals surface area contributed by atoms with Gasteiger partial charge in [0, 0.05) is 5.56 Å². The van der Waals surface area contributed by atoms with Gasteiger partial charge in [0.2, 0.25) is 0 Å². The first kappa shape index (κ1) is 24.1. The van der Waals surface area contributed by atoms with Gasteiger partial charge < -0.3 is 4.74 Å². The molecule has 4 rings (SSSR count). The molecule has 0 bridgehead atoms. The molecular weight excluding hydrogens is 433 g/mol. The zero-order valence-electron chi connectivity index (χ0n) is 19.6. The van der Waals surface area contributed by atoms with Gasteiger partial charge in [-0.1, -0.05) is 55.1 Å². The fraction of sp³-hybridized carbons (Fsp3) is 0.333. The highest BCUT2D eigenvalue weighted by Gasteiger charge is 2.24. The molecular formula is C30H31F3O. The van der Waals surface area contributed by atoms with Gasteiger partial charge in [0.25, 0.3) is 0 Å². The van der Waals surface area contributed by atoms with Gasteiger partial charge in [-0.3, -0.25) is 0 Å². The van der Waals surface area contributed by atoms with Crippen LogP contribution in [0.15, 0.2) is 61.2 Å². The van der Waals surface area contributed by atoms with E-state index >= 15 is 0 Å². The summed E-state index contributed by atoms with van der Waals surface area (Å²) in [5.41, 5.74) is 3.31. The topological polar surface area (TPSA) is 9.23 Å². The van der Waals surface area contributed by atoms with Gasteiger partial charge in [-0.2, -0.15) is 0 Å². The third-order valence-electron chi connectivity index (χ3n) is 7.02. The lowest BCUT2D eigenvalue weighted by molar-refractivity contribution is 0.306. The van der Waals surface area contributed by atoms with Gasteiger partial charge in [-0.15, -0.1) is 0 Å². The number of rotatable bonds is 8. The third-order valence-corrected chi connectivity index (χ3v) is 7.02. The van der Waals surface area contributed by atoms with Gasteiger partial charge in [0.05, 0.1) is 6.61 Å². The van der Waals surface area contributed by atoms with Crippen LogP contribution < -0.4 is 4.74 Å². The highest BCUT2D eigenvalue weighted by molar-refractivity contribution is 5.66. The second-order valence-electron chi connectivity index (χ2n) is 9.11. The van der Waals surface area contributed by atoms with Crippen LogP contribution in [0.3, 0.4) is 0 Å². The summed E-state index contributed by atoms with van der Waals surface area (Å²) in [4.78, 5) is 0. The maximum atomic E-state index is 14.8. The molecule has 0 spiro atoms. The van der Waals surface area contributed by atoms with Crippen LogP contribution >= 0.6 is 0 Å². The second-order valence-corrected chi connectivity index (χ2v) is 9.11. The Bertz CT molecular complexity index is 1130. The van der Waals surface area contributed by atoms with Crippen LogP contribution in [0.5, 0.6) is 5.75 Å². The van der Waals surface area contributed by atoms with E-state index in [1.165, 1.54) is 0 Å². The number of hydrogen-bond donors (Lipinski definition) is 0. The molecule has 3 aromatic carbocycles. The molecule has 3 aromatic rings. The second kappa shape index (κ2) is 10.9. The Kier molecular flexibility index (Phi) is 7.77. The highest BCUT2D eigenvalue weighted by atomic mass is 19.2. The average Bonchev–Trinajstić information content (AvgIpc) is 2.87. The Morgan fingerprint density at radius 1 is 0.912 bits per heavy atom. The summed E-state index contributed by atoms with van der Waals surface area (Å²) >= 11 is 0. The molecule has 4 heteroatoms. The Hall–Kier alpha value is -3.01. The van der Waals surface area contributed by atoms with Gasteiger partial charge in [0.1, 0.15) is 0 Å². The molecule has 0 amide bonds. The van der Waals surface area contributed by atoms with E-state index in [0.717, 1.165) is 43.2 Å². The van der Waals surface area contributed by atoms with Crippen molar-refractivity contribution in [3.05, 3.63) is 95.3 Å². The Morgan fingerprint density at radius 2 is 1.65 bits per heavy atom. The molecule has 1 aliphatic carbocycles. The summed E-state index contributed by atoms with van der Waals surface area (Å²) < 4.78 is 49.1. The van der Waals surface area contributed by atoms with E-state index in [-0.39, 0.29) is 11.4 Å². The zero-order valence-corrected chi connectivity index (χ0v) is 19.6. The number of benzene rings is 3. The smallest absolute Gasteiger partial charge is 0.166 e. The maximum absolute atomic E-state index is 14.8. The SMILES string of the molecule is C=Cc1ccc(-c2ccc(CCC3CCC(c4ccc(OCC)c(F)c4)CC3)c(F)c2F)cc1. The van der Waals surface area contributed by atoms with E-state index in [2.05, 4.69) is 6.58 Å². The molecule has 0 aliphatic heterocycles. The summed E-state index contributed by atoms with van der Waals surface area (Å²) in [6, 6.07) is 15.9. The maximum Gasteiger partial charge on any atom is 0.166 e. The van der Waals surface area contributed by atoms with Crippen LogP contribution in [-0.2, 0) is 6.42 Å². The summed E-state index contributed by atoms with van der Waals surface area (Å²) in [6.45, 7) is 5.99. The molecule has 178 valence electrons. The zero-order chi connectivity index (χ0) is 24.1. The Labute approximate surface area is 200 Å². The normalized spacial score (nSPS) is 18.0. The van der Waals surface area contributed by atoms with Crippen LogP contribution in [0.25, 0.3) is 17.2 Å². The summed E-state index contributed by atoms with van der Waals surface area (Å²) in [7, 11) is 0. The van der Waals surface area contributed by atoms with Crippen molar-refractivity contribution in [2.24, 2.45) is 5.92 Å². The summed E-state index contributed by atoms with van der Waals surface area (Å²) in [6.07, 6.45) is 7.05. The Balaban J connectivity index is 1.34. The standard InChI is InChI=1S/C30H31F3O/c1-3-20-5-12-23(13-6-20)26-17-15-24(29(32)30(26)33)14-9-21-7-10-22(11-8-21)25-16-18-28(34-4-2)27(31)19-25/h3,5-6,12-13,15-19,21-22H,1,4,7-11,14H2,2H3. The molecule has 1 nitrogen and oxygen atoms in total. The van der Waals surface area contributed by atoms with Gasteiger partial charge in [-0.05, 0) is 91.7 Å². The monoisotopic (exact) mass is 464 g/mol.